The lowest BCUT2D eigenvalue weighted by molar-refractivity contribution is -0.122. The molecule has 0 spiro atoms. The maximum Gasteiger partial charge on any atom is 0.221 e. The van der Waals surface area contributed by atoms with Crippen molar-refractivity contribution in [3.63, 3.8) is 0 Å². The fraction of sp³-hybridized carbons (Fsp3) is 0.857. The van der Waals surface area contributed by atoms with E-state index in [9.17, 15) is 4.79 Å². The fourth-order valence-corrected chi connectivity index (χ4v) is 2.47. The van der Waals surface area contributed by atoms with E-state index in [1.807, 2.05) is 0 Å². The van der Waals surface area contributed by atoms with Gasteiger partial charge in [0.15, 0.2) is 0 Å². The molecule has 4 N–H and O–H groups in total. The molecule has 0 radical (unpaired) electrons. The van der Waals surface area contributed by atoms with Crippen molar-refractivity contribution in [2.24, 2.45) is 17.4 Å². The molecule has 1 fully saturated rings. The number of carbonyl (C=O) groups is 1. The molecule has 0 saturated heterocycles. The lowest BCUT2D eigenvalue weighted by atomic mass is 9.86. The Morgan fingerprint density at radius 2 is 2.09 bits per heavy atom. The molecular formula is C7H13IN2O. The third-order valence-corrected chi connectivity index (χ3v) is 3.66. The molecule has 3 atom stereocenters. The van der Waals surface area contributed by atoms with E-state index < -0.39 is 0 Å². The highest BCUT2D eigenvalue weighted by molar-refractivity contribution is 14.1. The summed E-state index contributed by atoms with van der Waals surface area (Å²) in [5.74, 6) is -0.195. The Kier molecular flexibility index (Phi) is 3.12. The number of primary amides is 1. The number of amides is 1. The molecule has 0 heterocycles. The maximum absolute atomic E-state index is 10.9. The summed E-state index contributed by atoms with van der Waals surface area (Å²) in [6.07, 6.45) is 2.82. The van der Waals surface area contributed by atoms with Gasteiger partial charge < -0.3 is 11.5 Å². The topological polar surface area (TPSA) is 69.1 Å². The minimum atomic E-state index is -0.195. The molecule has 11 heavy (non-hydrogen) atoms. The summed E-state index contributed by atoms with van der Waals surface area (Å²) in [5.41, 5.74) is 10.9. The van der Waals surface area contributed by atoms with Crippen LogP contribution in [-0.2, 0) is 4.79 Å². The summed E-state index contributed by atoms with van der Waals surface area (Å²) >= 11 is 2.29. The highest BCUT2D eigenvalue weighted by Crippen LogP contribution is 2.29. The van der Waals surface area contributed by atoms with Gasteiger partial charge >= 0.3 is 0 Å². The molecule has 0 aromatic carbocycles. The third kappa shape index (κ3) is 2.30. The largest absolute Gasteiger partial charge is 0.369 e. The summed E-state index contributed by atoms with van der Waals surface area (Å²) in [5, 5.41) is 0. The molecule has 1 rings (SSSR count). The van der Waals surface area contributed by atoms with Crippen LogP contribution >= 0.6 is 22.6 Å². The summed E-state index contributed by atoms with van der Waals surface area (Å²) in [6.45, 7) is 0. The third-order valence-electron chi connectivity index (χ3n) is 2.17. The molecule has 0 aromatic heterocycles. The average molecular weight is 268 g/mol. The van der Waals surface area contributed by atoms with Gasteiger partial charge in [0.05, 0.1) is 5.92 Å². The van der Waals surface area contributed by atoms with Crippen LogP contribution in [-0.4, -0.2) is 15.9 Å². The van der Waals surface area contributed by atoms with Crippen molar-refractivity contribution in [3.05, 3.63) is 0 Å². The van der Waals surface area contributed by atoms with E-state index >= 15 is 0 Å². The predicted molar refractivity (Wildman–Crippen MR) is 52.3 cm³/mol. The number of alkyl halides is 1. The molecular weight excluding hydrogens is 255 g/mol. The zero-order valence-corrected chi connectivity index (χ0v) is 8.45. The Morgan fingerprint density at radius 3 is 2.55 bits per heavy atom. The van der Waals surface area contributed by atoms with E-state index in [4.69, 9.17) is 11.5 Å². The monoisotopic (exact) mass is 268 g/mol. The Bertz CT molecular complexity index is 163. The summed E-state index contributed by atoms with van der Waals surface area (Å²) in [6, 6.07) is 0.179. The van der Waals surface area contributed by atoms with Crippen molar-refractivity contribution < 1.29 is 4.79 Å². The zero-order valence-electron chi connectivity index (χ0n) is 6.29. The number of hydrogen-bond acceptors (Lipinski definition) is 2. The van der Waals surface area contributed by atoms with E-state index in [1.165, 1.54) is 0 Å². The molecule has 1 aliphatic carbocycles. The molecule has 0 aliphatic heterocycles. The van der Waals surface area contributed by atoms with Crippen molar-refractivity contribution >= 4 is 28.5 Å². The zero-order chi connectivity index (χ0) is 8.43. The van der Waals surface area contributed by atoms with Crippen LogP contribution in [0.5, 0.6) is 0 Å². The SMILES string of the molecule is NC(=O)C1CC(N)CCC1I. The first-order valence-corrected chi connectivity index (χ1v) is 5.04. The van der Waals surface area contributed by atoms with Gasteiger partial charge in [0, 0.05) is 9.97 Å². The number of hydrogen-bond donors (Lipinski definition) is 2. The smallest absolute Gasteiger partial charge is 0.221 e. The second kappa shape index (κ2) is 3.71. The van der Waals surface area contributed by atoms with Crippen LogP contribution in [0.15, 0.2) is 0 Å². The molecule has 64 valence electrons. The minimum absolute atomic E-state index is 0.000602. The van der Waals surface area contributed by atoms with Gasteiger partial charge in [0.1, 0.15) is 0 Å². The normalized spacial score (nSPS) is 38.5. The fourth-order valence-electron chi connectivity index (χ4n) is 1.46. The van der Waals surface area contributed by atoms with E-state index in [2.05, 4.69) is 22.6 Å². The summed E-state index contributed by atoms with van der Waals surface area (Å²) < 4.78 is 0.393. The van der Waals surface area contributed by atoms with Crippen molar-refractivity contribution in [1.29, 1.82) is 0 Å². The lowest BCUT2D eigenvalue weighted by Gasteiger charge is -2.28. The molecule has 1 amide bonds. The number of carbonyl (C=O) groups excluding carboxylic acids is 1. The quantitative estimate of drug-likeness (QED) is 0.534. The van der Waals surface area contributed by atoms with Crippen molar-refractivity contribution in [2.75, 3.05) is 0 Å². The molecule has 0 aromatic rings. The van der Waals surface area contributed by atoms with E-state index in [1.54, 1.807) is 0 Å². The van der Waals surface area contributed by atoms with Crippen molar-refractivity contribution in [2.45, 2.75) is 29.2 Å². The van der Waals surface area contributed by atoms with Crippen molar-refractivity contribution in [1.82, 2.24) is 0 Å². The molecule has 4 heteroatoms. The summed E-state index contributed by atoms with van der Waals surface area (Å²) in [7, 11) is 0. The molecule has 3 unspecified atom stereocenters. The number of halogens is 1. The van der Waals surface area contributed by atoms with Crippen LogP contribution < -0.4 is 11.5 Å². The highest BCUT2D eigenvalue weighted by Gasteiger charge is 2.30. The van der Waals surface area contributed by atoms with Crippen LogP contribution in [0.25, 0.3) is 0 Å². The summed E-state index contributed by atoms with van der Waals surface area (Å²) in [4.78, 5) is 10.9. The standard InChI is InChI=1S/C7H13IN2O/c8-6-2-1-4(9)3-5(6)7(10)11/h4-6H,1-3,9H2,(H2,10,11). The van der Waals surface area contributed by atoms with Gasteiger partial charge in [-0.2, -0.15) is 0 Å². The van der Waals surface area contributed by atoms with Gasteiger partial charge in [-0.15, -0.1) is 0 Å². The van der Waals surface area contributed by atoms with Crippen molar-refractivity contribution in [3.8, 4) is 0 Å². The second-order valence-electron chi connectivity index (χ2n) is 3.10. The second-order valence-corrected chi connectivity index (χ2v) is 4.70. The first-order valence-electron chi connectivity index (χ1n) is 3.80. The minimum Gasteiger partial charge on any atom is -0.369 e. The Morgan fingerprint density at radius 1 is 1.45 bits per heavy atom. The van der Waals surface area contributed by atoms with Crippen LogP contribution in [0.4, 0.5) is 0 Å². The molecule has 3 nitrogen and oxygen atoms in total. The first kappa shape index (κ1) is 9.25. The van der Waals surface area contributed by atoms with Gasteiger partial charge in [-0.3, -0.25) is 4.79 Å². The lowest BCUT2D eigenvalue weighted by Crippen LogP contribution is -2.40. The maximum atomic E-state index is 10.9. The van der Waals surface area contributed by atoms with E-state index in [-0.39, 0.29) is 17.9 Å². The first-order chi connectivity index (χ1) is 5.11. The molecule has 0 bridgehead atoms. The van der Waals surface area contributed by atoms with Crippen LogP contribution in [0.2, 0.25) is 0 Å². The Balaban J connectivity index is 2.54. The highest BCUT2D eigenvalue weighted by atomic mass is 127. The van der Waals surface area contributed by atoms with Gasteiger partial charge in [-0.25, -0.2) is 0 Å². The molecule has 1 aliphatic rings. The van der Waals surface area contributed by atoms with Crippen LogP contribution in [0.1, 0.15) is 19.3 Å². The van der Waals surface area contributed by atoms with E-state index in [0.717, 1.165) is 19.3 Å². The van der Waals surface area contributed by atoms with Gasteiger partial charge in [0.2, 0.25) is 5.91 Å². The Labute approximate surface area is 80.0 Å². The van der Waals surface area contributed by atoms with Gasteiger partial charge in [-0.05, 0) is 19.3 Å². The molecule has 1 saturated carbocycles. The Hall–Kier alpha value is 0.160. The number of rotatable bonds is 1. The number of nitrogens with two attached hydrogens (primary N) is 2. The average Bonchev–Trinajstić information content (AvgIpc) is 1.94. The van der Waals surface area contributed by atoms with Gasteiger partial charge in [0.25, 0.3) is 0 Å². The van der Waals surface area contributed by atoms with Crippen LogP contribution in [0.3, 0.4) is 0 Å². The van der Waals surface area contributed by atoms with E-state index in [0.29, 0.717) is 3.92 Å². The predicted octanol–water partition coefficient (Wildman–Crippen LogP) is 0.403. The van der Waals surface area contributed by atoms with Gasteiger partial charge in [-0.1, -0.05) is 22.6 Å². The van der Waals surface area contributed by atoms with Crippen LogP contribution in [0, 0.1) is 5.92 Å².